The molecule has 8 heteroatoms. The fourth-order valence-corrected chi connectivity index (χ4v) is 4.90. The lowest BCUT2D eigenvalue weighted by Gasteiger charge is -2.34. The number of piperidine rings is 1. The van der Waals surface area contributed by atoms with E-state index < -0.39 is 0 Å². The van der Waals surface area contributed by atoms with E-state index in [-0.39, 0.29) is 24.5 Å². The molecule has 0 spiro atoms. The first-order valence-electron chi connectivity index (χ1n) is 12.5. The van der Waals surface area contributed by atoms with Crippen LogP contribution in [0.4, 0.5) is 5.69 Å². The summed E-state index contributed by atoms with van der Waals surface area (Å²) < 4.78 is 2.07. The lowest BCUT2D eigenvalue weighted by Crippen LogP contribution is -2.41. The molecule has 8 nitrogen and oxygen atoms in total. The van der Waals surface area contributed by atoms with Crippen LogP contribution >= 0.6 is 0 Å². The fourth-order valence-electron chi connectivity index (χ4n) is 4.90. The Hall–Kier alpha value is -3.46. The summed E-state index contributed by atoms with van der Waals surface area (Å²) in [6.45, 7) is 6.61. The zero-order chi connectivity index (χ0) is 25.2. The number of carbonyl (C=O) groups excluding carboxylic acids is 1. The second-order valence-electron chi connectivity index (χ2n) is 9.90. The van der Waals surface area contributed by atoms with Gasteiger partial charge in [0.05, 0.1) is 23.7 Å². The number of fused-ring (bicyclic) bond motifs is 1. The molecule has 1 fully saturated rings. The van der Waals surface area contributed by atoms with Gasteiger partial charge in [0.2, 0.25) is 0 Å². The Kier molecular flexibility index (Phi) is 6.91. The number of rotatable bonds is 7. The summed E-state index contributed by atoms with van der Waals surface area (Å²) in [6, 6.07) is 13.6. The van der Waals surface area contributed by atoms with Gasteiger partial charge in [0.1, 0.15) is 5.82 Å². The Bertz CT molecular complexity index is 1370. The lowest BCUT2D eigenvalue weighted by atomic mass is 9.96. The normalized spacial score (nSPS) is 18.6. The van der Waals surface area contributed by atoms with Gasteiger partial charge in [-0.15, -0.1) is 0 Å². The van der Waals surface area contributed by atoms with Crippen LogP contribution in [0.25, 0.3) is 16.7 Å². The van der Waals surface area contributed by atoms with Crippen molar-refractivity contribution in [2.24, 2.45) is 5.92 Å². The molecule has 188 valence electrons. The van der Waals surface area contributed by atoms with Crippen molar-refractivity contribution in [3.05, 3.63) is 77.4 Å². The highest BCUT2D eigenvalue weighted by atomic mass is 16.3. The number of H-pyrrole nitrogens is 1. The van der Waals surface area contributed by atoms with E-state index in [1.165, 1.54) is 5.56 Å². The third kappa shape index (κ3) is 5.36. The minimum absolute atomic E-state index is 0.0175. The zero-order valence-electron chi connectivity index (χ0n) is 20.7. The lowest BCUT2D eigenvalue weighted by molar-refractivity contribution is 0.0320. The number of amides is 1. The molecule has 0 aliphatic carbocycles. The fraction of sp³-hybridized carbons (Fsp3) is 0.357. The number of hydrogen-bond donors (Lipinski definition) is 4. The highest BCUT2D eigenvalue weighted by Crippen LogP contribution is 2.24. The molecule has 2 unspecified atom stereocenters. The number of anilines is 1. The molecule has 2 aromatic heterocycles. The van der Waals surface area contributed by atoms with Gasteiger partial charge in [0.25, 0.3) is 5.91 Å². The van der Waals surface area contributed by atoms with Crippen LogP contribution in [0.1, 0.15) is 40.7 Å². The molecule has 1 amide bonds. The van der Waals surface area contributed by atoms with E-state index in [2.05, 4.69) is 56.9 Å². The number of aromatic nitrogens is 3. The number of aliphatic hydroxyl groups excluding tert-OH is 2. The Morgan fingerprint density at radius 3 is 2.83 bits per heavy atom. The van der Waals surface area contributed by atoms with Gasteiger partial charge in [0.15, 0.2) is 0 Å². The summed E-state index contributed by atoms with van der Waals surface area (Å²) in [7, 11) is 0. The van der Waals surface area contributed by atoms with Crippen molar-refractivity contribution in [3.8, 4) is 5.69 Å². The third-order valence-corrected chi connectivity index (χ3v) is 6.87. The average molecular weight is 488 g/mol. The molecule has 1 aliphatic rings. The maximum atomic E-state index is 13.2. The molecule has 1 saturated heterocycles. The van der Waals surface area contributed by atoms with E-state index in [1.54, 1.807) is 12.1 Å². The molecular formula is C28H33N5O3. The standard InChI is InChI=1S/C28H33N5O3/c1-18-5-9-33(15-18)23-12-20(17-32-8-6-26(35)19(2)16-32)11-22(14-23)29-28(36)21-3-4-24-25(13-21)31-27(30-24)7-10-34/h3-5,9,11-15,19,26,34-35H,6-8,10,16-17H2,1-2H3,(H,29,36)(H,30,31). The second kappa shape index (κ2) is 10.3. The van der Waals surface area contributed by atoms with Gasteiger partial charge in [-0.2, -0.15) is 0 Å². The molecule has 3 heterocycles. The quantitative estimate of drug-likeness (QED) is 0.318. The van der Waals surface area contributed by atoms with Crippen LogP contribution in [0, 0.1) is 12.8 Å². The van der Waals surface area contributed by atoms with Crippen LogP contribution in [0.15, 0.2) is 54.9 Å². The molecule has 0 radical (unpaired) electrons. The largest absolute Gasteiger partial charge is 0.396 e. The summed E-state index contributed by atoms with van der Waals surface area (Å²) in [5.41, 5.74) is 6.05. The van der Waals surface area contributed by atoms with E-state index in [0.29, 0.717) is 17.8 Å². The maximum absolute atomic E-state index is 13.2. The number of aliphatic hydroxyl groups is 2. The number of carbonyl (C=O) groups is 1. The van der Waals surface area contributed by atoms with E-state index >= 15 is 0 Å². The van der Waals surface area contributed by atoms with E-state index in [4.69, 9.17) is 5.11 Å². The van der Waals surface area contributed by atoms with Crippen molar-refractivity contribution in [2.75, 3.05) is 25.0 Å². The van der Waals surface area contributed by atoms with Crippen molar-refractivity contribution < 1.29 is 15.0 Å². The molecular weight excluding hydrogens is 454 g/mol. The molecule has 4 aromatic rings. The van der Waals surface area contributed by atoms with Gasteiger partial charge >= 0.3 is 0 Å². The minimum atomic E-state index is -0.239. The van der Waals surface area contributed by atoms with Crippen molar-refractivity contribution in [3.63, 3.8) is 0 Å². The summed E-state index contributed by atoms with van der Waals surface area (Å²) in [5, 5.41) is 22.4. The van der Waals surface area contributed by atoms with Crippen molar-refractivity contribution >= 4 is 22.6 Å². The zero-order valence-corrected chi connectivity index (χ0v) is 20.7. The Morgan fingerprint density at radius 1 is 1.22 bits per heavy atom. The van der Waals surface area contributed by atoms with Crippen LogP contribution in [0.5, 0.6) is 0 Å². The number of likely N-dealkylation sites (tertiary alicyclic amines) is 1. The summed E-state index contributed by atoms with van der Waals surface area (Å²) >= 11 is 0. The van der Waals surface area contributed by atoms with Crippen LogP contribution in [-0.2, 0) is 13.0 Å². The molecule has 4 N–H and O–H groups in total. The van der Waals surface area contributed by atoms with Crippen LogP contribution in [0.3, 0.4) is 0 Å². The molecule has 2 aromatic carbocycles. The Labute approximate surface area is 210 Å². The number of aromatic amines is 1. The predicted molar refractivity (Wildman–Crippen MR) is 140 cm³/mol. The average Bonchev–Trinajstić information content (AvgIpc) is 3.46. The van der Waals surface area contributed by atoms with Crippen LogP contribution in [-0.4, -0.2) is 61.4 Å². The van der Waals surface area contributed by atoms with E-state index in [1.807, 2.05) is 24.4 Å². The first kappa shape index (κ1) is 24.2. The minimum Gasteiger partial charge on any atom is -0.396 e. The van der Waals surface area contributed by atoms with E-state index in [9.17, 15) is 9.90 Å². The SMILES string of the molecule is Cc1ccn(-c2cc(CN3CCC(O)C(C)C3)cc(NC(=O)c3ccc4nc(CCO)[nH]c4c3)c2)c1. The van der Waals surface area contributed by atoms with Crippen molar-refractivity contribution in [1.82, 2.24) is 19.4 Å². The third-order valence-electron chi connectivity index (χ3n) is 6.87. The number of imidazole rings is 1. The maximum Gasteiger partial charge on any atom is 0.255 e. The molecule has 36 heavy (non-hydrogen) atoms. The molecule has 2 atom stereocenters. The van der Waals surface area contributed by atoms with E-state index in [0.717, 1.165) is 54.0 Å². The number of nitrogens with one attached hydrogen (secondary N) is 2. The smallest absolute Gasteiger partial charge is 0.255 e. The molecule has 0 saturated carbocycles. The molecule has 0 bridgehead atoms. The number of aryl methyl sites for hydroxylation is 1. The van der Waals surface area contributed by atoms with Gasteiger partial charge < -0.3 is 25.1 Å². The number of nitrogens with zero attached hydrogens (tertiary/aromatic N) is 3. The van der Waals surface area contributed by atoms with Crippen molar-refractivity contribution in [2.45, 2.75) is 39.3 Å². The Morgan fingerprint density at radius 2 is 2.08 bits per heavy atom. The van der Waals surface area contributed by atoms with Crippen molar-refractivity contribution in [1.29, 1.82) is 0 Å². The van der Waals surface area contributed by atoms with Crippen LogP contribution < -0.4 is 5.32 Å². The highest BCUT2D eigenvalue weighted by Gasteiger charge is 2.24. The topological polar surface area (TPSA) is 106 Å². The van der Waals surface area contributed by atoms with Gasteiger partial charge in [0, 0.05) is 55.4 Å². The summed E-state index contributed by atoms with van der Waals surface area (Å²) in [4.78, 5) is 23.2. The second-order valence-corrected chi connectivity index (χ2v) is 9.90. The molecule has 5 rings (SSSR count). The summed E-state index contributed by atoms with van der Waals surface area (Å²) in [6.07, 6.45) is 5.07. The number of benzene rings is 2. The Balaban J connectivity index is 1.40. The monoisotopic (exact) mass is 487 g/mol. The van der Waals surface area contributed by atoms with Gasteiger partial charge in [-0.05, 0) is 72.9 Å². The first-order valence-corrected chi connectivity index (χ1v) is 12.5. The van der Waals surface area contributed by atoms with Gasteiger partial charge in [-0.1, -0.05) is 6.92 Å². The predicted octanol–water partition coefficient (Wildman–Crippen LogP) is 3.65. The van der Waals surface area contributed by atoms with Gasteiger partial charge in [-0.25, -0.2) is 4.98 Å². The van der Waals surface area contributed by atoms with Gasteiger partial charge in [-0.3, -0.25) is 9.69 Å². The highest BCUT2D eigenvalue weighted by molar-refractivity contribution is 6.06. The molecule has 1 aliphatic heterocycles. The first-order chi connectivity index (χ1) is 17.4. The van der Waals surface area contributed by atoms with Crippen LogP contribution in [0.2, 0.25) is 0 Å². The number of hydrogen-bond acceptors (Lipinski definition) is 5. The summed E-state index contributed by atoms with van der Waals surface area (Å²) in [5.74, 6) is 0.740.